The first-order chi connectivity index (χ1) is 19.8. The normalized spacial score (nSPS) is 19.9. The molecule has 0 radical (unpaired) electrons. The molecule has 224 valence electrons. The second-order valence-corrected chi connectivity index (χ2v) is 11.3. The Hall–Kier alpha value is -3.60. The van der Waals surface area contributed by atoms with E-state index in [9.17, 15) is 33.5 Å². The van der Waals surface area contributed by atoms with Crippen molar-refractivity contribution in [2.75, 3.05) is 18.1 Å². The molecule has 0 unspecified atom stereocenters. The summed E-state index contributed by atoms with van der Waals surface area (Å²) < 4.78 is 52.1. The Kier molecular flexibility index (Phi) is 8.50. The van der Waals surface area contributed by atoms with Gasteiger partial charge in [-0.3, -0.25) is 9.88 Å². The standard InChI is InChI=1S/C22H23FN6O11P2/c23-17-7-14(29-11-15(38-22(29)30)10-28-6-5-25-27-28)2-3-16(17)13-1-4-18(24-9-13)19-8-20(39-26-19)21(40-42(34,35)36)12-37-41(31,32)33/h1-7,9,15,20-21H,8,10-12H2,(H2,31,32,33)(H2,34,35,36)/p-4/t15-,20-,21+/m0/s1. The molecule has 3 aromatic rings. The van der Waals surface area contributed by atoms with E-state index in [-0.39, 0.29) is 29.9 Å². The Morgan fingerprint density at radius 3 is 2.60 bits per heavy atom. The van der Waals surface area contributed by atoms with Crippen LogP contribution in [0.1, 0.15) is 12.1 Å². The van der Waals surface area contributed by atoms with Gasteiger partial charge < -0.3 is 47.3 Å². The summed E-state index contributed by atoms with van der Waals surface area (Å²) in [7, 11) is -11.1. The molecule has 20 heteroatoms. The van der Waals surface area contributed by atoms with Crippen molar-refractivity contribution in [3.8, 4) is 11.1 Å². The fraction of sp³-hybridized carbons (Fsp3) is 0.318. The number of carbonyl (C=O) groups is 1. The average Bonchev–Trinajstić information content (AvgIpc) is 3.68. The van der Waals surface area contributed by atoms with Crippen LogP contribution in [-0.2, 0) is 34.3 Å². The van der Waals surface area contributed by atoms with Gasteiger partial charge in [0.25, 0.3) is 0 Å². The molecule has 42 heavy (non-hydrogen) atoms. The van der Waals surface area contributed by atoms with Gasteiger partial charge in [0.1, 0.15) is 23.7 Å². The molecule has 0 saturated carbocycles. The van der Waals surface area contributed by atoms with Gasteiger partial charge in [0.15, 0.2) is 6.10 Å². The molecule has 3 atom stereocenters. The number of oxime groups is 1. The second-order valence-electron chi connectivity index (χ2n) is 9.06. The molecule has 0 N–H and O–H groups in total. The number of amides is 1. The van der Waals surface area contributed by atoms with E-state index in [1.165, 1.54) is 46.2 Å². The number of anilines is 1. The summed E-state index contributed by atoms with van der Waals surface area (Å²) >= 11 is 0. The molecule has 0 aliphatic carbocycles. The molecular weight excluding hydrogens is 605 g/mol. The van der Waals surface area contributed by atoms with E-state index < -0.39 is 52.5 Å². The third-order valence-corrected chi connectivity index (χ3v) is 7.13. The lowest BCUT2D eigenvalue weighted by molar-refractivity contribution is -0.354. The third-order valence-electron chi connectivity index (χ3n) is 6.14. The zero-order valence-electron chi connectivity index (χ0n) is 21.1. The Morgan fingerprint density at radius 1 is 1.14 bits per heavy atom. The quantitative estimate of drug-likeness (QED) is 0.234. The average molecular weight is 624 g/mol. The fourth-order valence-electron chi connectivity index (χ4n) is 4.28. The Bertz CT molecular complexity index is 1560. The Balaban J connectivity index is 1.24. The smallest absolute Gasteiger partial charge is 0.414 e. The Morgan fingerprint density at radius 2 is 1.95 bits per heavy atom. The highest BCUT2D eigenvalue weighted by Gasteiger charge is 2.34. The number of ether oxygens (including phenoxy) is 1. The van der Waals surface area contributed by atoms with Crippen molar-refractivity contribution in [3.05, 3.63) is 60.4 Å². The SMILES string of the molecule is O=C1O[C@@H](Cn2ccnn2)CN1c1ccc(-c2ccc(C3=NO[C@H]([C@@H](COP(=O)([O-])[O-])OP(=O)([O-])[O-])C3)nc2)c(F)c1. The molecule has 1 aromatic carbocycles. The first-order valence-electron chi connectivity index (χ1n) is 12.0. The number of pyridine rings is 1. The highest BCUT2D eigenvalue weighted by molar-refractivity contribution is 7.43. The van der Waals surface area contributed by atoms with Gasteiger partial charge in [0.05, 0.1) is 52.9 Å². The molecule has 4 heterocycles. The van der Waals surface area contributed by atoms with E-state index in [1.807, 2.05) is 0 Å². The van der Waals surface area contributed by atoms with Crippen molar-refractivity contribution in [3.63, 3.8) is 0 Å². The molecule has 17 nitrogen and oxygen atoms in total. The number of carbonyl (C=O) groups excluding carboxylic acids is 1. The molecule has 0 spiro atoms. The number of cyclic esters (lactones) is 1. The van der Waals surface area contributed by atoms with E-state index in [0.29, 0.717) is 17.8 Å². The minimum Gasteiger partial charge on any atom is -0.790 e. The third kappa shape index (κ3) is 7.42. The lowest BCUT2D eigenvalue weighted by atomic mass is 10.0. The number of hydrogen-bond acceptors (Lipinski definition) is 15. The molecule has 2 aliphatic rings. The highest BCUT2D eigenvalue weighted by Crippen LogP contribution is 2.35. The van der Waals surface area contributed by atoms with Gasteiger partial charge in [-0.2, -0.15) is 0 Å². The van der Waals surface area contributed by atoms with Gasteiger partial charge in [0, 0.05) is 29.9 Å². The van der Waals surface area contributed by atoms with Crippen LogP contribution in [0, 0.1) is 5.82 Å². The maximum absolute atomic E-state index is 15.1. The first kappa shape index (κ1) is 29.9. The zero-order chi connectivity index (χ0) is 30.1. The summed E-state index contributed by atoms with van der Waals surface area (Å²) in [5, 5.41) is 11.3. The van der Waals surface area contributed by atoms with E-state index in [2.05, 4.69) is 29.5 Å². The summed E-state index contributed by atoms with van der Waals surface area (Å²) in [6.45, 7) is -0.615. The van der Waals surface area contributed by atoms with Gasteiger partial charge >= 0.3 is 6.09 Å². The van der Waals surface area contributed by atoms with Crippen molar-refractivity contribution >= 4 is 33.1 Å². The highest BCUT2D eigenvalue weighted by atomic mass is 31.2. The van der Waals surface area contributed by atoms with Gasteiger partial charge in [-0.15, -0.1) is 5.10 Å². The summed E-state index contributed by atoms with van der Waals surface area (Å²) in [5.41, 5.74) is 1.26. The van der Waals surface area contributed by atoms with Crippen LogP contribution in [0.5, 0.6) is 0 Å². The number of benzene rings is 1. The topological polar surface area (TPSA) is 240 Å². The minimum absolute atomic E-state index is 0.169. The first-order valence-corrected chi connectivity index (χ1v) is 14.9. The maximum atomic E-state index is 15.1. The van der Waals surface area contributed by atoms with Crippen molar-refractivity contribution in [1.82, 2.24) is 20.0 Å². The predicted molar refractivity (Wildman–Crippen MR) is 129 cm³/mol. The predicted octanol–water partition coefficient (Wildman–Crippen LogP) is -0.943. The van der Waals surface area contributed by atoms with Crippen LogP contribution in [-0.4, -0.2) is 63.2 Å². The van der Waals surface area contributed by atoms with Gasteiger partial charge in [-0.25, -0.2) is 13.9 Å². The van der Waals surface area contributed by atoms with E-state index in [1.54, 1.807) is 12.3 Å². The number of aromatic nitrogens is 4. The molecule has 5 rings (SSSR count). The Labute approximate surface area is 235 Å². The number of nitrogens with zero attached hydrogens (tertiary/aromatic N) is 6. The summed E-state index contributed by atoms with van der Waals surface area (Å²) in [6.07, 6.45) is 0.0878. The fourth-order valence-corrected chi connectivity index (χ4v) is 5.14. The van der Waals surface area contributed by atoms with Crippen LogP contribution in [0.3, 0.4) is 0 Å². The summed E-state index contributed by atoms with van der Waals surface area (Å²) in [5.74, 6) is -0.634. The minimum atomic E-state index is -5.61. The van der Waals surface area contributed by atoms with Crippen LogP contribution in [0.25, 0.3) is 11.1 Å². The van der Waals surface area contributed by atoms with Crippen LogP contribution in [0.15, 0.2) is 54.1 Å². The number of rotatable bonds is 11. The maximum Gasteiger partial charge on any atom is 0.414 e. The second kappa shape index (κ2) is 11.9. The molecule has 1 saturated heterocycles. The largest absolute Gasteiger partial charge is 0.790 e. The van der Waals surface area contributed by atoms with Crippen LogP contribution < -0.4 is 24.5 Å². The molecule has 0 bridgehead atoms. The number of phosphoric ester groups is 2. The van der Waals surface area contributed by atoms with Crippen molar-refractivity contribution in [2.45, 2.75) is 31.3 Å². The van der Waals surface area contributed by atoms with Gasteiger partial charge in [0.2, 0.25) is 0 Å². The van der Waals surface area contributed by atoms with E-state index in [4.69, 9.17) is 9.57 Å². The summed E-state index contributed by atoms with van der Waals surface area (Å²) in [6, 6.07) is 7.22. The zero-order valence-corrected chi connectivity index (χ0v) is 22.9. The number of phosphoric acid groups is 2. The lowest BCUT2D eigenvalue weighted by Gasteiger charge is -2.37. The van der Waals surface area contributed by atoms with E-state index >= 15 is 4.39 Å². The van der Waals surface area contributed by atoms with Gasteiger partial charge in [-0.05, 0) is 24.3 Å². The number of halogens is 1. The van der Waals surface area contributed by atoms with Crippen molar-refractivity contribution in [2.24, 2.45) is 5.16 Å². The molecule has 1 fully saturated rings. The van der Waals surface area contributed by atoms with Crippen LogP contribution in [0.2, 0.25) is 0 Å². The van der Waals surface area contributed by atoms with E-state index in [0.717, 1.165) is 0 Å². The molecule has 2 aliphatic heterocycles. The molecule has 1 amide bonds. The number of hydrogen-bond donors (Lipinski definition) is 0. The molecular formula is C22H19FN6O11P2-4. The lowest BCUT2D eigenvalue weighted by Crippen LogP contribution is -2.37. The van der Waals surface area contributed by atoms with Crippen LogP contribution in [0.4, 0.5) is 14.9 Å². The van der Waals surface area contributed by atoms with Crippen LogP contribution >= 0.6 is 15.6 Å². The monoisotopic (exact) mass is 624 g/mol. The van der Waals surface area contributed by atoms with Gasteiger partial charge in [-0.1, -0.05) is 16.4 Å². The molecule has 2 aromatic heterocycles. The van der Waals surface area contributed by atoms with Crippen molar-refractivity contribution in [1.29, 1.82) is 0 Å². The summed E-state index contributed by atoms with van der Waals surface area (Å²) in [4.78, 5) is 66.6. The van der Waals surface area contributed by atoms with Crippen molar-refractivity contribution < 1.29 is 56.5 Å².